The molecule has 0 bridgehead atoms. The third-order valence-corrected chi connectivity index (χ3v) is 12.0. The van der Waals surface area contributed by atoms with Gasteiger partial charge in [-0.05, 0) is 42.5 Å². The van der Waals surface area contributed by atoms with Gasteiger partial charge in [0, 0.05) is 40.8 Å². The van der Waals surface area contributed by atoms with Crippen molar-refractivity contribution in [3.63, 3.8) is 0 Å². The van der Waals surface area contributed by atoms with Crippen LogP contribution in [0.15, 0.2) is 83.8 Å². The molecule has 0 spiro atoms. The number of carbonyl (C=O) groups is 2. The number of anilines is 2. The summed E-state index contributed by atoms with van der Waals surface area (Å²) in [4.78, 5) is 24.7. The van der Waals surface area contributed by atoms with E-state index in [4.69, 9.17) is 5.73 Å². The van der Waals surface area contributed by atoms with Gasteiger partial charge >= 0.3 is 17.4 Å². The van der Waals surface area contributed by atoms with Crippen LogP contribution >= 0.6 is 29.6 Å². The van der Waals surface area contributed by atoms with E-state index in [9.17, 15) is 35.8 Å². The molecule has 0 radical (unpaired) electrons. The monoisotopic (exact) mass is 690 g/mol. The second-order valence-electron chi connectivity index (χ2n) is 7.74. The Labute approximate surface area is 225 Å². The van der Waals surface area contributed by atoms with E-state index in [1.54, 1.807) is 6.07 Å². The van der Waals surface area contributed by atoms with Gasteiger partial charge in [-0.3, -0.25) is 18.7 Å². The number of halogens is 9. The quantitative estimate of drug-likeness (QED) is 0.208. The molecule has 0 heterocycles. The molecule has 0 aliphatic rings. The standard InChI is InChI=1S/C23H15Br2F7N2O3S/c24-38(25,37,23(31,32)21(26,27)22(28,29)30)18-12-5-4-11-17(18)34(20(36)14-7-2-1-3-8-14)16-10-6-9-15(13-16)19(33)35/h1-13H,(H2,33,35). The largest absolute Gasteiger partial charge is 0.461 e. The van der Waals surface area contributed by atoms with Crippen LogP contribution in [0.2, 0.25) is 0 Å². The molecule has 3 aromatic carbocycles. The van der Waals surface area contributed by atoms with Crippen molar-refractivity contribution in [2.45, 2.75) is 22.2 Å². The second kappa shape index (κ2) is 9.75. The van der Waals surface area contributed by atoms with Crippen LogP contribution in [0.25, 0.3) is 0 Å². The van der Waals surface area contributed by atoms with Crippen LogP contribution < -0.4 is 10.6 Å². The molecular weight excluding hydrogens is 677 g/mol. The lowest BCUT2D eigenvalue weighted by Gasteiger charge is -2.43. The van der Waals surface area contributed by atoms with Gasteiger partial charge in [0.2, 0.25) is 5.91 Å². The molecule has 5 nitrogen and oxygen atoms in total. The minimum atomic E-state index is -6.87. The lowest BCUT2D eigenvalue weighted by molar-refractivity contribution is -0.331. The molecule has 2 amide bonds. The molecule has 0 saturated carbocycles. The summed E-state index contributed by atoms with van der Waals surface area (Å²) >= 11 is 4.01. The normalized spacial score (nSPS) is 13.9. The number of carbonyl (C=O) groups excluding carboxylic acids is 2. The predicted molar refractivity (Wildman–Crippen MR) is 135 cm³/mol. The van der Waals surface area contributed by atoms with Gasteiger partial charge in [0.15, 0.2) is 0 Å². The number of nitrogens with zero attached hydrogens (tertiary/aromatic N) is 1. The lowest BCUT2D eigenvalue weighted by atomic mass is 10.1. The molecule has 0 atom stereocenters. The number of para-hydroxylation sites is 1. The van der Waals surface area contributed by atoms with E-state index >= 15 is 8.78 Å². The van der Waals surface area contributed by atoms with Gasteiger partial charge in [0.05, 0.1) is 22.2 Å². The molecule has 0 fully saturated rings. The minimum absolute atomic E-state index is 0.0770. The van der Waals surface area contributed by atoms with E-state index in [1.807, 2.05) is 29.6 Å². The lowest BCUT2D eigenvalue weighted by Crippen LogP contribution is -2.60. The summed E-state index contributed by atoms with van der Waals surface area (Å²) in [6.45, 7) is 0. The molecular formula is C23H15Br2F7N2O3S. The number of hydrogen-bond acceptors (Lipinski definition) is 3. The zero-order valence-electron chi connectivity index (χ0n) is 18.6. The van der Waals surface area contributed by atoms with E-state index in [1.165, 1.54) is 42.5 Å². The Kier molecular flexibility index (Phi) is 7.64. The van der Waals surface area contributed by atoms with Crippen molar-refractivity contribution in [2.24, 2.45) is 5.73 Å². The fourth-order valence-corrected chi connectivity index (χ4v) is 7.81. The first-order chi connectivity index (χ1) is 17.3. The van der Waals surface area contributed by atoms with E-state index in [2.05, 4.69) is 0 Å². The summed E-state index contributed by atoms with van der Waals surface area (Å²) in [5, 5.41) is -6.31. The van der Waals surface area contributed by atoms with E-state index in [0.717, 1.165) is 24.3 Å². The fourth-order valence-electron chi connectivity index (χ4n) is 3.32. The number of primary amides is 1. The molecule has 0 aliphatic carbocycles. The first-order valence-electron chi connectivity index (χ1n) is 10.1. The fraction of sp³-hybridized carbons (Fsp3) is 0.130. The van der Waals surface area contributed by atoms with Crippen molar-refractivity contribution in [3.05, 3.63) is 90.0 Å². The zero-order valence-corrected chi connectivity index (χ0v) is 22.6. The molecule has 0 unspecified atom stereocenters. The van der Waals surface area contributed by atoms with Crippen molar-refractivity contribution < 1.29 is 44.5 Å². The average Bonchev–Trinajstić information content (AvgIpc) is 2.84. The van der Waals surface area contributed by atoms with Crippen LogP contribution in [0.1, 0.15) is 20.7 Å². The summed E-state index contributed by atoms with van der Waals surface area (Å²) in [5.41, 5.74) is 4.07. The van der Waals surface area contributed by atoms with Gasteiger partial charge in [-0.15, -0.1) is 0 Å². The van der Waals surface area contributed by atoms with Crippen LogP contribution in [0.4, 0.5) is 42.1 Å². The molecule has 38 heavy (non-hydrogen) atoms. The third kappa shape index (κ3) is 4.86. The maximum Gasteiger partial charge on any atom is 0.461 e. The number of hydrogen-bond donors (Lipinski definition) is 1. The zero-order chi connectivity index (χ0) is 28.8. The SMILES string of the molecule is NC(=O)c1cccc(N(C(=O)c2ccccc2)c2ccccc2S(=O)(Br)(Br)C(F)(F)C(F)(F)C(F)(F)F)c1. The van der Waals surface area contributed by atoms with E-state index in [-0.39, 0.29) is 16.8 Å². The van der Waals surface area contributed by atoms with Gasteiger partial charge in [0.25, 0.3) is 5.91 Å². The Bertz CT molecular complexity index is 1460. The smallest absolute Gasteiger partial charge is 0.366 e. The average molecular weight is 692 g/mol. The Morgan fingerprint density at radius 3 is 1.84 bits per heavy atom. The Balaban J connectivity index is 2.39. The number of nitrogens with two attached hydrogens (primary N) is 1. The summed E-state index contributed by atoms with van der Waals surface area (Å²) in [5.74, 6) is -15.6. The maximum absolute atomic E-state index is 15.1. The van der Waals surface area contributed by atoms with Crippen molar-refractivity contribution in [1.82, 2.24) is 0 Å². The highest BCUT2D eigenvalue weighted by molar-refractivity contribution is 9.86. The topological polar surface area (TPSA) is 80.5 Å². The molecule has 0 aliphatic heterocycles. The Hall–Kier alpha value is -2.78. The first-order valence-corrected chi connectivity index (χ1v) is 15.8. The van der Waals surface area contributed by atoms with Crippen molar-refractivity contribution >= 4 is 58.7 Å². The van der Waals surface area contributed by atoms with Gasteiger partial charge in [0.1, 0.15) is 0 Å². The highest BCUT2D eigenvalue weighted by atomic mass is 79.9. The van der Waals surface area contributed by atoms with Crippen LogP contribution in [-0.4, -0.2) is 33.4 Å². The van der Waals surface area contributed by atoms with Crippen molar-refractivity contribution in [3.8, 4) is 0 Å². The van der Waals surface area contributed by atoms with Crippen LogP contribution in [0.5, 0.6) is 0 Å². The van der Waals surface area contributed by atoms with Crippen LogP contribution in [-0.2, 0) is 5.93 Å². The van der Waals surface area contributed by atoms with Crippen LogP contribution in [0.3, 0.4) is 0 Å². The highest BCUT2D eigenvalue weighted by Crippen LogP contribution is 2.68. The van der Waals surface area contributed by atoms with E-state index in [0.29, 0.717) is 11.0 Å². The second-order valence-corrected chi connectivity index (χ2v) is 20.2. The maximum atomic E-state index is 15.1. The molecule has 2 N–H and O–H groups in total. The number of benzene rings is 3. The molecule has 3 aromatic rings. The first kappa shape index (κ1) is 29.8. The summed E-state index contributed by atoms with van der Waals surface area (Å²) in [6, 6.07) is 15.4. The third-order valence-electron chi connectivity index (χ3n) is 5.23. The summed E-state index contributed by atoms with van der Waals surface area (Å²) < 4.78 is 111. The van der Waals surface area contributed by atoms with Gasteiger partial charge < -0.3 is 5.73 Å². The highest BCUT2D eigenvalue weighted by Gasteiger charge is 2.82. The Morgan fingerprint density at radius 1 is 0.763 bits per heavy atom. The summed E-state index contributed by atoms with van der Waals surface area (Å²) in [6.07, 6.45) is -6.80. The van der Waals surface area contributed by atoms with Crippen molar-refractivity contribution in [1.29, 1.82) is 0 Å². The van der Waals surface area contributed by atoms with Gasteiger partial charge in [-0.2, -0.15) is 30.7 Å². The number of alkyl halides is 7. The molecule has 0 aromatic heterocycles. The van der Waals surface area contributed by atoms with Gasteiger partial charge in [-0.1, -0.05) is 36.4 Å². The number of amides is 2. The van der Waals surface area contributed by atoms with Crippen LogP contribution in [0, 0.1) is 0 Å². The van der Waals surface area contributed by atoms with Gasteiger partial charge in [-0.25, -0.2) is 0 Å². The Morgan fingerprint density at radius 2 is 1.29 bits per heavy atom. The van der Waals surface area contributed by atoms with Crippen molar-refractivity contribution in [2.75, 3.05) is 4.90 Å². The molecule has 3 rings (SSSR count). The molecule has 204 valence electrons. The predicted octanol–water partition coefficient (Wildman–Crippen LogP) is 7.35. The minimum Gasteiger partial charge on any atom is -0.366 e. The molecule has 0 saturated heterocycles. The van der Waals surface area contributed by atoms with E-state index < -0.39 is 45.7 Å². The number of rotatable bonds is 7. The molecule has 15 heteroatoms. The summed E-state index contributed by atoms with van der Waals surface area (Å²) in [7, 11) is 0.